The lowest BCUT2D eigenvalue weighted by molar-refractivity contribution is 0.0722. The van der Waals surface area contributed by atoms with Crippen LogP contribution in [0.25, 0.3) is 0 Å². The summed E-state index contributed by atoms with van der Waals surface area (Å²) in [4.78, 5) is 1.98. The third-order valence-corrected chi connectivity index (χ3v) is 3.51. The highest BCUT2D eigenvalue weighted by atomic mass is 19.1. The van der Waals surface area contributed by atoms with Gasteiger partial charge in [0.1, 0.15) is 5.82 Å². The van der Waals surface area contributed by atoms with Crippen LogP contribution in [0.2, 0.25) is 0 Å². The van der Waals surface area contributed by atoms with Gasteiger partial charge < -0.3 is 19.8 Å². The van der Waals surface area contributed by atoms with Crippen molar-refractivity contribution in [3.63, 3.8) is 0 Å². The zero-order chi connectivity index (χ0) is 14.0. The molecular formula is C14H20FNO3. The molecule has 19 heavy (non-hydrogen) atoms. The van der Waals surface area contributed by atoms with Gasteiger partial charge in [0.2, 0.25) is 0 Å². The molecule has 1 aromatic carbocycles. The number of ether oxygens (including phenoxy) is 1. The van der Waals surface area contributed by atoms with E-state index in [0.29, 0.717) is 30.9 Å². The van der Waals surface area contributed by atoms with Crippen LogP contribution >= 0.6 is 0 Å². The Hall–Kier alpha value is -1.17. The molecule has 0 spiro atoms. The largest absolute Gasteiger partial charge is 0.394 e. The summed E-state index contributed by atoms with van der Waals surface area (Å²) in [5, 5.41) is 19.2. The second-order valence-electron chi connectivity index (χ2n) is 4.94. The van der Waals surface area contributed by atoms with Crippen LogP contribution in [0.3, 0.4) is 0 Å². The monoisotopic (exact) mass is 269 g/mol. The lowest BCUT2D eigenvalue weighted by atomic mass is 10.0. The molecule has 1 aliphatic heterocycles. The van der Waals surface area contributed by atoms with Crippen LogP contribution in [0, 0.1) is 12.7 Å². The molecule has 0 aliphatic carbocycles. The van der Waals surface area contributed by atoms with E-state index in [1.807, 2.05) is 4.90 Å². The summed E-state index contributed by atoms with van der Waals surface area (Å²) >= 11 is 0. The topological polar surface area (TPSA) is 52.9 Å². The summed E-state index contributed by atoms with van der Waals surface area (Å²) in [7, 11) is 0. The first-order valence-corrected chi connectivity index (χ1v) is 6.48. The standard InChI is InChI=1S/C14H20FNO3/c1-9-5-14(12(10(2)18)6-13(9)15)16-3-4-19-8-11(16)7-17/h5-6,10-11,17-18H,3-4,7-8H2,1-2H3/t10-,11?/m1/s1. The van der Waals surface area contributed by atoms with Crippen molar-refractivity contribution in [2.45, 2.75) is 26.0 Å². The molecule has 5 heteroatoms. The summed E-state index contributed by atoms with van der Waals surface area (Å²) < 4.78 is 19.0. The lowest BCUT2D eigenvalue weighted by Crippen LogP contribution is -2.48. The van der Waals surface area contributed by atoms with Crippen LogP contribution in [0.4, 0.5) is 10.1 Å². The second-order valence-corrected chi connectivity index (χ2v) is 4.94. The van der Waals surface area contributed by atoms with Crippen LogP contribution in [-0.4, -0.2) is 42.6 Å². The lowest BCUT2D eigenvalue weighted by Gasteiger charge is -2.38. The SMILES string of the molecule is Cc1cc(N2CCOCC2CO)c([C@@H](C)O)cc1F. The highest BCUT2D eigenvalue weighted by Crippen LogP contribution is 2.31. The third-order valence-electron chi connectivity index (χ3n) is 3.51. The van der Waals surface area contributed by atoms with E-state index in [9.17, 15) is 14.6 Å². The van der Waals surface area contributed by atoms with Gasteiger partial charge in [-0.15, -0.1) is 0 Å². The zero-order valence-corrected chi connectivity index (χ0v) is 11.3. The zero-order valence-electron chi connectivity index (χ0n) is 11.3. The maximum absolute atomic E-state index is 13.7. The maximum Gasteiger partial charge on any atom is 0.126 e. The fourth-order valence-corrected chi connectivity index (χ4v) is 2.39. The van der Waals surface area contributed by atoms with E-state index >= 15 is 0 Å². The second kappa shape index (κ2) is 5.86. The van der Waals surface area contributed by atoms with Gasteiger partial charge in [-0.2, -0.15) is 0 Å². The Morgan fingerprint density at radius 3 is 2.89 bits per heavy atom. The van der Waals surface area contributed by atoms with E-state index < -0.39 is 6.10 Å². The average Bonchev–Trinajstić information content (AvgIpc) is 2.41. The first kappa shape index (κ1) is 14.2. The van der Waals surface area contributed by atoms with E-state index in [1.54, 1.807) is 19.9 Å². The van der Waals surface area contributed by atoms with Crippen LogP contribution in [0.5, 0.6) is 0 Å². The molecule has 0 amide bonds. The number of aryl methyl sites for hydroxylation is 1. The normalized spacial score (nSPS) is 21.5. The third kappa shape index (κ3) is 2.88. The minimum Gasteiger partial charge on any atom is -0.394 e. The summed E-state index contributed by atoms with van der Waals surface area (Å²) in [6.45, 7) is 4.89. The van der Waals surface area contributed by atoms with Gasteiger partial charge >= 0.3 is 0 Å². The quantitative estimate of drug-likeness (QED) is 0.870. The van der Waals surface area contributed by atoms with E-state index in [4.69, 9.17) is 4.74 Å². The highest BCUT2D eigenvalue weighted by molar-refractivity contribution is 5.57. The van der Waals surface area contributed by atoms with Gasteiger partial charge in [0.25, 0.3) is 0 Å². The van der Waals surface area contributed by atoms with Crippen LogP contribution in [0.1, 0.15) is 24.2 Å². The molecular weight excluding hydrogens is 249 g/mol. The molecule has 106 valence electrons. The molecule has 1 fully saturated rings. The summed E-state index contributed by atoms with van der Waals surface area (Å²) in [5.41, 5.74) is 1.85. The molecule has 1 saturated heterocycles. The first-order chi connectivity index (χ1) is 9.04. The van der Waals surface area contributed by atoms with Crippen molar-refractivity contribution in [3.8, 4) is 0 Å². The minimum absolute atomic E-state index is 0.0321. The van der Waals surface area contributed by atoms with Gasteiger partial charge in [-0.3, -0.25) is 0 Å². The molecule has 2 N–H and O–H groups in total. The number of nitrogens with zero attached hydrogens (tertiary/aromatic N) is 1. The molecule has 2 rings (SSSR count). The molecule has 0 saturated carbocycles. The highest BCUT2D eigenvalue weighted by Gasteiger charge is 2.26. The molecule has 0 bridgehead atoms. The Balaban J connectivity index is 2.44. The van der Waals surface area contributed by atoms with E-state index in [1.165, 1.54) is 6.07 Å². The molecule has 0 radical (unpaired) electrons. The number of hydrogen-bond acceptors (Lipinski definition) is 4. The summed E-state index contributed by atoms with van der Waals surface area (Å²) in [5.74, 6) is -0.326. The predicted molar refractivity (Wildman–Crippen MR) is 70.8 cm³/mol. The predicted octanol–water partition coefficient (Wildman–Crippen LogP) is 1.38. The first-order valence-electron chi connectivity index (χ1n) is 6.48. The molecule has 2 atom stereocenters. The van der Waals surface area contributed by atoms with Crippen molar-refractivity contribution in [1.29, 1.82) is 0 Å². The Labute approximate surface area is 112 Å². The Morgan fingerprint density at radius 1 is 1.53 bits per heavy atom. The number of hydrogen-bond donors (Lipinski definition) is 2. The fourth-order valence-electron chi connectivity index (χ4n) is 2.39. The number of anilines is 1. The number of aliphatic hydroxyl groups excluding tert-OH is 2. The number of rotatable bonds is 3. The van der Waals surface area contributed by atoms with Crippen molar-refractivity contribution >= 4 is 5.69 Å². The van der Waals surface area contributed by atoms with Crippen molar-refractivity contribution in [2.75, 3.05) is 31.3 Å². The van der Waals surface area contributed by atoms with Gasteiger partial charge in [0.15, 0.2) is 0 Å². The number of morpholine rings is 1. The molecule has 1 unspecified atom stereocenters. The fraction of sp³-hybridized carbons (Fsp3) is 0.571. The van der Waals surface area contributed by atoms with Crippen LogP contribution in [-0.2, 0) is 4.74 Å². The minimum atomic E-state index is -0.757. The Bertz CT molecular complexity index is 451. The molecule has 1 heterocycles. The molecule has 1 aliphatic rings. The number of halogens is 1. The summed E-state index contributed by atoms with van der Waals surface area (Å²) in [6, 6.07) is 2.95. The molecule has 0 aromatic heterocycles. The van der Waals surface area contributed by atoms with Gasteiger partial charge in [-0.1, -0.05) is 0 Å². The van der Waals surface area contributed by atoms with E-state index in [2.05, 4.69) is 0 Å². The van der Waals surface area contributed by atoms with Gasteiger partial charge in [-0.05, 0) is 31.5 Å². The molecule has 4 nitrogen and oxygen atoms in total. The number of aliphatic hydroxyl groups is 2. The van der Waals surface area contributed by atoms with Crippen molar-refractivity contribution in [3.05, 3.63) is 29.1 Å². The smallest absolute Gasteiger partial charge is 0.126 e. The van der Waals surface area contributed by atoms with Crippen molar-refractivity contribution in [2.24, 2.45) is 0 Å². The van der Waals surface area contributed by atoms with Crippen molar-refractivity contribution in [1.82, 2.24) is 0 Å². The van der Waals surface area contributed by atoms with Crippen LogP contribution < -0.4 is 4.90 Å². The Morgan fingerprint density at radius 2 is 2.26 bits per heavy atom. The summed E-state index contributed by atoms with van der Waals surface area (Å²) in [6.07, 6.45) is -0.757. The van der Waals surface area contributed by atoms with Gasteiger partial charge in [0, 0.05) is 17.8 Å². The van der Waals surface area contributed by atoms with Gasteiger partial charge in [-0.25, -0.2) is 4.39 Å². The average molecular weight is 269 g/mol. The van der Waals surface area contributed by atoms with Crippen LogP contribution in [0.15, 0.2) is 12.1 Å². The number of benzene rings is 1. The Kier molecular flexibility index (Phi) is 4.39. The maximum atomic E-state index is 13.7. The van der Waals surface area contributed by atoms with Gasteiger partial charge in [0.05, 0.1) is 32.0 Å². The van der Waals surface area contributed by atoms with E-state index in [0.717, 1.165) is 5.69 Å². The van der Waals surface area contributed by atoms with Crippen molar-refractivity contribution < 1.29 is 19.3 Å². The molecule has 1 aromatic rings. The van der Waals surface area contributed by atoms with E-state index in [-0.39, 0.29) is 18.5 Å².